The molecule has 0 saturated carbocycles. The molecule has 6 nitrogen and oxygen atoms in total. The predicted octanol–water partition coefficient (Wildman–Crippen LogP) is 1.34. The van der Waals surface area contributed by atoms with E-state index in [2.05, 4.69) is 44.9 Å². The van der Waals surface area contributed by atoms with Gasteiger partial charge in [0.05, 0.1) is 17.2 Å². The van der Waals surface area contributed by atoms with Crippen LogP contribution in [0, 0.1) is 0 Å². The average molecular weight is 327 g/mol. The van der Waals surface area contributed by atoms with Crippen LogP contribution in [0.3, 0.4) is 0 Å². The van der Waals surface area contributed by atoms with E-state index in [-0.39, 0.29) is 0 Å². The first-order valence-corrected chi connectivity index (χ1v) is 8.62. The standard InChI is InChI=1S/C15H29N5OS/c1-5-14-19-13(12-22-14)11-18-15(16-2)17-7-9-20(3)8-6-10-21-4/h12H,5-11H2,1-4H3,(H2,16,17,18). The maximum Gasteiger partial charge on any atom is 0.191 e. The summed E-state index contributed by atoms with van der Waals surface area (Å²) < 4.78 is 5.06. The molecule has 1 aromatic heterocycles. The number of hydrogen-bond acceptors (Lipinski definition) is 5. The number of nitrogens with one attached hydrogen (secondary N) is 2. The molecule has 0 aromatic carbocycles. The maximum atomic E-state index is 5.06. The van der Waals surface area contributed by atoms with Crippen LogP contribution >= 0.6 is 11.3 Å². The number of guanidine groups is 1. The maximum absolute atomic E-state index is 5.06. The Morgan fingerprint density at radius 2 is 2.23 bits per heavy atom. The highest BCUT2D eigenvalue weighted by atomic mass is 32.1. The molecule has 1 heterocycles. The van der Waals surface area contributed by atoms with Gasteiger partial charge in [-0.25, -0.2) is 4.98 Å². The van der Waals surface area contributed by atoms with Crippen LogP contribution in [0.4, 0.5) is 0 Å². The lowest BCUT2D eigenvalue weighted by Gasteiger charge is -2.17. The van der Waals surface area contributed by atoms with Crippen molar-refractivity contribution in [2.24, 2.45) is 4.99 Å². The van der Waals surface area contributed by atoms with Gasteiger partial charge >= 0.3 is 0 Å². The van der Waals surface area contributed by atoms with E-state index >= 15 is 0 Å². The fourth-order valence-electron chi connectivity index (χ4n) is 1.94. The van der Waals surface area contributed by atoms with Crippen LogP contribution in [0.25, 0.3) is 0 Å². The molecule has 0 fully saturated rings. The van der Waals surface area contributed by atoms with E-state index in [1.165, 1.54) is 5.01 Å². The molecule has 0 radical (unpaired) electrons. The van der Waals surface area contributed by atoms with Crippen molar-refractivity contribution in [1.82, 2.24) is 20.5 Å². The molecular formula is C15H29N5OS. The van der Waals surface area contributed by atoms with E-state index in [9.17, 15) is 0 Å². The third-order valence-electron chi connectivity index (χ3n) is 3.24. The summed E-state index contributed by atoms with van der Waals surface area (Å²) in [6, 6.07) is 0. The summed E-state index contributed by atoms with van der Waals surface area (Å²) in [5.74, 6) is 0.816. The zero-order chi connectivity index (χ0) is 16.2. The molecule has 1 aromatic rings. The van der Waals surface area contributed by atoms with E-state index in [1.807, 2.05) is 0 Å². The van der Waals surface area contributed by atoms with E-state index in [0.29, 0.717) is 6.54 Å². The number of aryl methyl sites for hydroxylation is 1. The Hall–Kier alpha value is -1.18. The predicted molar refractivity (Wildman–Crippen MR) is 93.7 cm³/mol. The van der Waals surface area contributed by atoms with Gasteiger partial charge in [-0.15, -0.1) is 11.3 Å². The van der Waals surface area contributed by atoms with Crippen molar-refractivity contribution < 1.29 is 4.74 Å². The van der Waals surface area contributed by atoms with Crippen molar-refractivity contribution in [3.63, 3.8) is 0 Å². The van der Waals surface area contributed by atoms with Crippen molar-refractivity contribution >= 4 is 17.3 Å². The first-order chi connectivity index (χ1) is 10.7. The Balaban J connectivity index is 2.19. The smallest absolute Gasteiger partial charge is 0.191 e. The third-order valence-corrected chi connectivity index (χ3v) is 4.28. The molecule has 0 atom stereocenters. The topological polar surface area (TPSA) is 61.8 Å². The number of aliphatic imine (C=N–C) groups is 1. The van der Waals surface area contributed by atoms with Gasteiger partial charge in [0, 0.05) is 45.8 Å². The van der Waals surface area contributed by atoms with Crippen molar-refractivity contribution in [3.8, 4) is 0 Å². The molecule has 0 spiro atoms. The van der Waals surface area contributed by atoms with Gasteiger partial charge in [-0.3, -0.25) is 4.99 Å². The van der Waals surface area contributed by atoms with Gasteiger partial charge in [0.15, 0.2) is 5.96 Å². The molecule has 2 N–H and O–H groups in total. The molecule has 1 rings (SSSR count). The minimum Gasteiger partial charge on any atom is -0.385 e. The molecule has 0 amide bonds. The van der Waals surface area contributed by atoms with Gasteiger partial charge in [-0.2, -0.15) is 0 Å². The van der Waals surface area contributed by atoms with Gasteiger partial charge in [0.2, 0.25) is 0 Å². The second-order valence-electron chi connectivity index (χ2n) is 5.09. The largest absolute Gasteiger partial charge is 0.385 e. The van der Waals surface area contributed by atoms with Crippen molar-refractivity contribution in [2.45, 2.75) is 26.3 Å². The Morgan fingerprint density at radius 3 is 2.86 bits per heavy atom. The Bertz CT molecular complexity index is 435. The number of rotatable bonds is 10. The van der Waals surface area contributed by atoms with Crippen molar-refractivity contribution in [3.05, 3.63) is 16.1 Å². The van der Waals surface area contributed by atoms with Crippen LogP contribution in [0.2, 0.25) is 0 Å². The van der Waals surface area contributed by atoms with Gasteiger partial charge in [-0.1, -0.05) is 6.92 Å². The van der Waals surface area contributed by atoms with E-state index in [1.54, 1.807) is 25.5 Å². The molecule has 0 aliphatic heterocycles. The molecule has 0 aliphatic rings. The van der Waals surface area contributed by atoms with Crippen molar-refractivity contribution in [1.29, 1.82) is 0 Å². The quantitative estimate of drug-likeness (QED) is 0.386. The number of aromatic nitrogens is 1. The molecule has 0 aliphatic carbocycles. The van der Waals surface area contributed by atoms with E-state index in [0.717, 1.165) is 50.7 Å². The van der Waals surface area contributed by atoms with Gasteiger partial charge in [-0.05, 0) is 19.9 Å². The number of thiazole rings is 1. The zero-order valence-electron chi connectivity index (χ0n) is 14.2. The van der Waals surface area contributed by atoms with Crippen LogP contribution in [0.15, 0.2) is 10.4 Å². The number of hydrogen-bond donors (Lipinski definition) is 2. The molecular weight excluding hydrogens is 298 g/mol. The SMILES string of the molecule is CCc1nc(CNC(=NC)NCCN(C)CCCOC)cs1. The molecule has 22 heavy (non-hydrogen) atoms. The van der Waals surface area contributed by atoms with E-state index in [4.69, 9.17) is 4.74 Å². The summed E-state index contributed by atoms with van der Waals surface area (Å²) in [6.45, 7) is 6.52. The Labute approximate surface area is 138 Å². The highest BCUT2D eigenvalue weighted by Gasteiger charge is 2.03. The molecule has 7 heteroatoms. The summed E-state index contributed by atoms with van der Waals surface area (Å²) >= 11 is 1.71. The molecule has 0 saturated heterocycles. The van der Waals surface area contributed by atoms with Gasteiger partial charge in [0.1, 0.15) is 0 Å². The second-order valence-corrected chi connectivity index (χ2v) is 6.03. The highest BCUT2D eigenvalue weighted by molar-refractivity contribution is 7.09. The monoisotopic (exact) mass is 327 g/mol. The average Bonchev–Trinajstić information content (AvgIpc) is 2.99. The van der Waals surface area contributed by atoms with Crippen LogP contribution in [0.1, 0.15) is 24.0 Å². The number of ether oxygens (including phenoxy) is 1. The summed E-state index contributed by atoms with van der Waals surface area (Å²) in [5.41, 5.74) is 1.07. The fourth-order valence-corrected chi connectivity index (χ4v) is 2.69. The fraction of sp³-hybridized carbons (Fsp3) is 0.733. The van der Waals surface area contributed by atoms with Gasteiger partial charge < -0.3 is 20.3 Å². The number of methoxy groups -OCH3 is 1. The second kappa shape index (κ2) is 11.4. The third kappa shape index (κ3) is 7.72. The molecule has 0 unspecified atom stereocenters. The van der Waals surface area contributed by atoms with Crippen LogP contribution in [0.5, 0.6) is 0 Å². The van der Waals surface area contributed by atoms with Crippen LogP contribution < -0.4 is 10.6 Å². The number of likely N-dealkylation sites (N-methyl/N-ethyl adjacent to an activating group) is 1. The lowest BCUT2D eigenvalue weighted by molar-refractivity contribution is 0.180. The summed E-state index contributed by atoms with van der Waals surface area (Å²) in [4.78, 5) is 11.1. The summed E-state index contributed by atoms with van der Waals surface area (Å²) in [6.07, 6.45) is 2.05. The van der Waals surface area contributed by atoms with Crippen LogP contribution in [-0.4, -0.2) is 63.3 Å². The summed E-state index contributed by atoms with van der Waals surface area (Å²) in [5, 5.41) is 9.90. The van der Waals surface area contributed by atoms with Crippen molar-refractivity contribution in [2.75, 3.05) is 47.4 Å². The first-order valence-electron chi connectivity index (χ1n) is 7.74. The Kier molecular flexibility index (Phi) is 9.77. The minimum absolute atomic E-state index is 0.708. The Morgan fingerprint density at radius 1 is 1.41 bits per heavy atom. The first kappa shape index (κ1) is 18.9. The normalized spacial score (nSPS) is 12.0. The lowest BCUT2D eigenvalue weighted by atomic mass is 10.4. The van der Waals surface area contributed by atoms with Gasteiger partial charge in [0.25, 0.3) is 0 Å². The number of nitrogens with zero attached hydrogens (tertiary/aromatic N) is 3. The molecule has 0 bridgehead atoms. The van der Waals surface area contributed by atoms with Crippen LogP contribution in [-0.2, 0) is 17.7 Å². The lowest BCUT2D eigenvalue weighted by Crippen LogP contribution is -2.40. The minimum atomic E-state index is 0.708. The zero-order valence-corrected chi connectivity index (χ0v) is 15.0. The van der Waals surface area contributed by atoms with E-state index < -0.39 is 0 Å². The summed E-state index contributed by atoms with van der Waals surface area (Å²) in [7, 11) is 5.65. The molecule has 126 valence electrons. The highest BCUT2D eigenvalue weighted by Crippen LogP contribution is 2.09.